The van der Waals surface area contributed by atoms with Gasteiger partial charge in [0.15, 0.2) is 0 Å². The molecule has 0 nitrogen and oxygen atoms in total. The zero-order chi connectivity index (χ0) is 15.6. The van der Waals surface area contributed by atoms with Crippen LogP contribution in [0.3, 0.4) is 0 Å². The second-order valence-electron chi connectivity index (χ2n) is 6.31. The van der Waals surface area contributed by atoms with Gasteiger partial charge in [-0.2, -0.15) is 0 Å². The largest absolute Gasteiger partial charge is 0.0729 e. The summed E-state index contributed by atoms with van der Waals surface area (Å²) >= 11 is 0. The van der Waals surface area contributed by atoms with E-state index in [1.165, 1.54) is 33.2 Å². The first-order valence-corrected chi connectivity index (χ1v) is 10.8. The zero-order valence-corrected chi connectivity index (χ0v) is 14.5. The van der Waals surface area contributed by atoms with Crippen molar-refractivity contribution >= 4 is 35.5 Å². The van der Waals surface area contributed by atoms with Gasteiger partial charge in [0.1, 0.15) is 0 Å². The SMILES string of the molecule is C[SiH](Cc1cccc2ccccc12)c1cccc2ccccc12. The lowest BCUT2D eigenvalue weighted by atomic mass is 10.1. The highest BCUT2D eigenvalue weighted by Gasteiger charge is 2.13. The Balaban J connectivity index is 1.75. The monoisotopic (exact) mass is 312 g/mol. The molecular formula is C22H20Si. The zero-order valence-electron chi connectivity index (χ0n) is 13.4. The molecule has 4 aromatic rings. The number of benzene rings is 4. The standard InChI is InChI=1S/C22H20Si/c1-23(22-15-7-11-18-9-3-5-14-21(18)22)16-19-12-6-10-17-8-2-4-13-20(17)19/h2-15,23H,16H2,1H3. The first-order chi connectivity index (χ1) is 11.3. The van der Waals surface area contributed by atoms with Crippen molar-refractivity contribution < 1.29 is 0 Å². The maximum Gasteiger partial charge on any atom is 0.0729 e. The highest BCUT2D eigenvalue weighted by atomic mass is 28.3. The van der Waals surface area contributed by atoms with Gasteiger partial charge >= 0.3 is 0 Å². The van der Waals surface area contributed by atoms with Crippen LogP contribution in [-0.4, -0.2) is 8.80 Å². The molecule has 0 aromatic heterocycles. The smallest absolute Gasteiger partial charge is 0.0678 e. The molecule has 1 unspecified atom stereocenters. The molecule has 0 aliphatic heterocycles. The maximum absolute atomic E-state index is 2.48. The molecule has 0 saturated carbocycles. The van der Waals surface area contributed by atoms with E-state index >= 15 is 0 Å². The summed E-state index contributed by atoms with van der Waals surface area (Å²) in [5, 5.41) is 7.14. The van der Waals surface area contributed by atoms with Crippen LogP contribution in [0.2, 0.25) is 6.55 Å². The fraction of sp³-hybridized carbons (Fsp3) is 0.0909. The number of hydrogen-bond acceptors (Lipinski definition) is 0. The Morgan fingerprint density at radius 1 is 0.609 bits per heavy atom. The van der Waals surface area contributed by atoms with Crippen molar-refractivity contribution in [2.45, 2.75) is 12.6 Å². The lowest BCUT2D eigenvalue weighted by Crippen LogP contribution is -2.30. The fourth-order valence-electron chi connectivity index (χ4n) is 3.59. The van der Waals surface area contributed by atoms with Crippen LogP contribution < -0.4 is 5.19 Å². The predicted octanol–water partition coefficient (Wildman–Crippen LogP) is 4.84. The minimum Gasteiger partial charge on any atom is -0.0678 e. The fourth-order valence-corrected chi connectivity index (χ4v) is 6.06. The summed E-state index contributed by atoms with van der Waals surface area (Å²) in [6.45, 7) is 2.48. The van der Waals surface area contributed by atoms with Crippen molar-refractivity contribution in [3.05, 3.63) is 90.5 Å². The van der Waals surface area contributed by atoms with Gasteiger partial charge in [-0.25, -0.2) is 0 Å². The number of fused-ring (bicyclic) bond motifs is 2. The minimum atomic E-state index is -1.04. The molecule has 0 heterocycles. The molecule has 1 atom stereocenters. The van der Waals surface area contributed by atoms with E-state index in [-0.39, 0.29) is 0 Å². The average Bonchev–Trinajstić information content (AvgIpc) is 2.61. The van der Waals surface area contributed by atoms with Crippen molar-refractivity contribution in [2.24, 2.45) is 0 Å². The van der Waals surface area contributed by atoms with E-state index in [9.17, 15) is 0 Å². The Morgan fingerprint density at radius 3 is 1.96 bits per heavy atom. The van der Waals surface area contributed by atoms with E-state index in [1.54, 1.807) is 5.19 Å². The van der Waals surface area contributed by atoms with Crippen LogP contribution in [0.15, 0.2) is 84.9 Å². The van der Waals surface area contributed by atoms with Crippen molar-refractivity contribution in [1.82, 2.24) is 0 Å². The Hall–Kier alpha value is -2.38. The highest BCUT2D eigenvalue weighted by molar-refractivity contribution is 6.74. The van der Waals surface area contributed by atoms with Crippen molar-refractivity contribution in [2.75, 3.05) is 0 Å². The lowest BCUT2D eigenvalue weighted by molar-refractivity contribution is 1.40. The molecule has 112 valence electrons. The van der Waals surface area contributed by atoms with Crippen molar-refractivity contribution in [3.63, 3.8) is 0 Å². The molecule has 0 aliphatic rings. The van der Waals surface area contributed by atoms with Crippen LogP contribution in [-0.2, 0) is 6.04 Å². The second kappa shape index (κ2) is 6.02. The minimum absolute atomic E-state index is 1.04. The van der Waals surface area contributed by atoms with Crippen LogP contribution in [0, 0.1) is 0 Å². The van der Waals surface area contributed by atoms with Crippen LogP contribution in [0.4, 0.5) is 0 Å². The molecule has 23 heavy (non-hydrogen) atoms. The van der Waals surface area contributed by atoms with Gasteiger partial charge in [0, 0.05) is 0 Å². The molecule has 0 bridgehead atoms. The molecule has 0 fully saturated rings. The second-order valence-corrected chi connectivity index (χ2v) is 9.14. The normalized spacial score (nSPS) is 12.6. The molecule has 0 spiro atoms. The van der Waals surface area contributed by atoms with Crippen molar-refractivity contribution in [3.8, 4) is 0 Å². The van der Waals surface area contributed by atoms with E-state index < -0.39 is 8.80 Å². The molecule has 0 saturated heterocycles. The lowest BCUT2D eigenvalue weighted by Gasteiger charge is -2.15. The quantitative estimate of drug-likeness (QED) is 0.475. The van der Waals surface area contributed by atoms with E-state index in [1.807, 2.05) is 0 Å². The van der Waals surface area contributed by atoms with Crippen LogP contribution in [0.1, 0.15) is 5.56 Å². The van der Waals surface area contributed by atoms with E-state index in [2.05, 4.69) is 91.5 Å². The average molecular weight is 312 g/mol. The number of rotatable bonds is 3. The van der Waals surface area contributed by atoms with E-state index in [4.69, 9.17) is 0 Å². The molecule has 0 N–H and O–H groups in total. The molecule has 1 heteroatoms. The molecule has 4 aromatic carbocycles. The van der Waals surface area contributed by atoms with Gasteiger partial charge in [-0.05, 0) is 33.2 Å². The van der Waals surface area contributed by atoms with Gasteiger partial charge in [-0.1, -0.05) is 96.7 Å². The third-order valence-corrected chi connectivity index (χ3v) is 7.38. The third kappa shape index (κ3) is 2.69. The topological polar surface area (TPSA) is 0 Å². The van der Waals surface area contributed by atoms with Crippen LogP contribution in [0.5, 0.6) is 0 Å². The third-order valence-electron chi connectivity index (χ3n) is 4.76. The van der Waals surface area contributed by atoms with Gasteiger partial charge in [0.05, 0.1) is 8.80 Å². The summed E-state index contributed by atoms with van der Waals surface area (Å²) in [6.07, 6.45) is 0. The van der Waals surface area contributed by atoms with Gasteiger partial charge in [-0.3, -0.25) is 0 Å². The van der Waals surface area contributed by atoms with Gasteiger partial charge in [0.25, 0.3) is 0 Å². The van der Waals surface area contributed by atoms with Crippen LogP contribution >= 0.6 is 0 Å². The Kier molecular flexibility index (Phi) is 3.72. The summed E-state index contributed by atoms with van der Waals surface area (Å²) < 4.78 is 0. The Bertz CT molecular complexity index is 961. The maximum atomic E-state index is 2.48. The molecule has 0 aliphatic carbocycles. The van der Waals surface area contributed by atoms with E-state index in [0.29, 0.717) is 0 Å². The molecular weight excluding hydrogens is 292 g/mol. The van der Waals surface area contributed by atoms with Gasteiger partial charge < -0.3 is 0 Å². The van der Waals surface area contributed by atoms with E-state index in [0.717, 1.165) is 0 Å². The van der Waals surface area contributed by atoms with Gasteiger partial charge in [-0.15, -0.1) is 0 Å². The first kappa shape index (κ1) is 14.2. The summed E-state index contributed by atoms with van der Waals surface area (Å²) in [4.78, 5) is 0. The summed E-state index contributed by atoms with van der Waals surface area (Å²) in [5.74, 6) is 0. The predicted molar refractivity (Wildman–Crippen MR) is 104 cm³/mol. The Labute approximate surface area is 139 Å². The van der Waals surface area contributed by atoms with Crippen LogP contribution in [0.25, 0.3) is 21.5 Å². The number of hydrogen-bond donors (Lipinski definition) is 0. The summed E-state index contributed by atoms with van der Waals surface area (Å²) in [7, 11) is -1.04. The Morgan fingerprint density at radius 2 is 1.17 bits per heavy atom. The van der Waals surface area contributed by atoms with Gasteiger partial charge in [0.2, 0.25) is 0 Å². The molecule has 0 radical (unpaired) electrons. The summed E-state index contributed by atoms with van der Waals surface area (Å²) in [5.41, 5.74) is 1.50. The molecule has 4 rings (SSSR count). The highest BCUT2D eigenvalue weighted by Crippen LogP contribution is 2.20. The first-order valence-electron chi connectivity index (χ1n) is 8.27. The van der Waals surface area contributed by atoms with Crippen molar-refractivity contribution in [1.29, 1.82) is 0 Å². The molecule has 0 amide bonds. The summed E-state index contributed by atoms with van der Waals surface area (Å²) in [6, 6.07) is 32.2.